The van der Waals surface area contributed by atoms with Crippen LogP contribution in [0, 0.1) is 0 Å². The largest absolute Gasteiger partial charge is 0.349 e. The van der Waals surface area contributed by atoms with E-state index in [4.69, 9.17) is 11.6 Å². The van der Waals surface area contributed by atoms with Gasteiger partial charge < -0.3 is 5.32 Å². The summed E-state index contributed by atoms with van der Waals surface area (Å²) in [6.07, 6.45) is 1.64. The highest BCUT2D eigenvalue weighted by molar-refractivity contribution is 7.99. The van der Waals surface area contributed by atoms with Crippen LogP contribution in [0.3, 0.4) is 0 Å². The molecule has 28 heavy (non-hydrogen) atoms. The van der Waals surface area contributed by atoms with Crippen molar-refractivity contribution in [3.63, 3.8) is 0 Å². The fourth-order valence-electron chi connectivity index (χ4n) is 2.82. The van der Waals surface area contributed by atoms with Gasteiger partial charge >= 0.3 is 0 Å². The van der Waals surface area contributed by atoms with Crippen molar-refractivity contribution >= 4 is 40.2 Å². The quantitative estimate of drug-likeness (QED) is 0.358. The highest BCUT2D eigenvalue weighted by atomic mass is 35.5. The predicted molar refractivity (Wildman–Crippen MR) is 115 cm³/mol. The van der Waals surface area contributed by atoms with Gasteiger partial charge in [-0.1, -0.05) is 53.7 Å². The lowest BCUT2D eigenvalue weighted by molar-refractivity contribution is -0.119. The van der Waals surface area contributed by atoms with Gasteiger partial charge in [-0.3, -0.25) is 14.2 Å². The van der Waals surface area contributed by atoms with Gasteiger partial charge in [0, 0.05) is 11.6 Å². The summed E-state index contributed by atoms with van der Waals surface area (Å²) in [6.45, 7) is 5.94. The number of nitrogens with one attached hydrogen (secondary N) is 1. The summed E-state index contributed by atoms with van der Waals surface area (Å²) < 4.78 is 1.54. The molecule has 0 aliphatic carbocycles. The van der Waals surface area contributed by atoms with Crippen molar-refractivity contribution in [2.75, 3.05) is 5.75 Å². The fraction of sp³-hybridized carbons (Fsp3) is 0.190. The molecule has 2 aromatic carbocycles. The van der Waals surface area contributed by atoms with Crippen molar-refractivity contribution in [3.8, 4) is 0 Å². The number of fused-ring (bicyclic) bond motifs is 1. The van der Waals surface area contributed by atoms with Crippen LogP contribution in [0.1, 0.15) is 18.5 Å². The topological polar surface area (TPSA) is 64.0 Å². The number of allylic oxidation sites excluding steroid dienone is 1. The van der Waals surface area contributed by atoms with Crippen molar-refractivity contribution in [2.45, 2.75) is 24.7 Å². The summed E-state index contributed by atoms with van der Waals surface area (Å²) in [6, 6.07) is 14.4. The smallest absolute Gasteiger partial charge is 0.262 e. The molecule has 1 N–H and O–H groups in total. The van der Waals surface area contributed by atoms with Crippen LogP contribution in [0.15, 0.2) is 71.1 Å². The molecule has 1 atom stereocenters. The Balaban J connectivity index is 1.75. The number of thioether (sulfide) groups is 1. The summed E-state index contributed by atoms with van der Waals surface area (Å²) in [5.41, 5.74) is 1.40. The minimum atomic E-state index is -0.174. The molecule has 0 saturated carbocycles. The number of halogens is 1. The molecule has 3 aromatic rings. The second-order valence-electron chi connectivity index (χ2n) is 6.25. The Kier molecular flexibility index (Phi) is 6.54. The number of aromatic nitrogens is 2. The highest BCUT2D eigenvalue weighted by Gasteiger charge is 2.14. The number of amides is 1. The lowest BCUT2D eigenvalue weighted by Gasteiger charge is -2.15. The van der Waals surface area contributed by atoms with Crippen molar-refractivity contribution in [3.05, 3.63) is 82.1 Å². The normalized spacial score (nSPS) is 11.9. The van der Waals surface area contributed by atoms with Gasteiger partial charge in [0.15, 0.2) is 5.16 Å². The van der Waals surface area contributed by atoms with E-state index in [2.05, 4.69) is 16.9 Å². The Labute approximate surface area is 172 Å². The maximum absolute atomic E-state index is 12.7. The van der Waals surface area contributed by atoms with Gasteiger partial charge in [0.25, 0.3) is 5.56 Å². The van der Waals surface area contributed by atoms with Crippen molar-refractivity contribution in [1.82, 2.24) is 14.9 Å². The van der Waals surface area contributed by atoms with Gasteiger partial charge in [0.05, 0.1) is 22.7 Å². The minimum absolute atomic E-state index is 0.138. The van der Waals surface area contributed by atoms with Crippen molar-refractivity contribution in [1.29, 1.82) is 0 Å². The molecule has 0 aliphatic heterocycles. The highest BCUT2D eigenvalue weighted by Crippen LogP contribution is 2.20. The second-order valence-corrected chi connectivity index (χ2v) is 7.63. The number of hydrogen-bond acceptors (Lipinski definition) is 4. The number of carbonyl (C=O) groups excluding carboxylic acids is 1. The first-order valence-corrected chi connectivity index (χ1v) is 10.1. The molecular formula is C21H20ClN3O2S. The number of carbonyl (C=O) groups is 1. The molecule has 0 bridgehead atoms. The molecule has 5 nitrogen and oxygen atoms in total. The number of para-hydroxylation sites is 1. The number of nitrogens with zero attached hydrogens (tertiary/aromatic N) is 2. The number of rotatable bonds is 7. The van der Waals surface area contributed by atoms with Crippen LogP contribution < -0.4 is 10.9 Å². The summed E-state index contributed by atoms with van der Waals surface area (Å²) in [5.74, 6) is -0.00245. The lowest BCUT2D eigenvalue weighted by Crippen LogP contribution is -2.29. The summed E-state index contributed by atoms with van der Waals surface area (Å²) >= 11 is 7.24. The Morgan fingerprint density at radius 3 is 2.86 bits per heavy atom. The molecule has 0 saturated heterocycles. The average Bonchev–Trinajstić information content (AvgIpc) is 2.69. The van der Waals surface area contributed by atoms with Gasteiger partial charge in [-0.2, -0.15) is 0 Å². The van der Waals surface area contributed by atoms with E-state index in [0.717, 1.165) is 5.56 Å². The van der Waals surface area contributed by atoms with Gasteiger partial charge in [0.1, 0.15) is 0 Å². The molecule has 1 heterocycles. The molecule has 1 aromatic heterocycles. The lowest BCUT2D eigenvalue weighted by atomic mass is 10.1. The van der Waals surface area contributed by atoms with Crippen LogP contribution in [0.25, 0.3) is 10.9 Å². The van der Waals surface area contributed by atoms with E-state index in [1.807, 2.05) is 31.2 Å². The third-order valence-electron chi connectivity index (χ3n) is 4.20. The summed E-state index contributed by atoms with van der Waals surface area (Å²) in [4.78, 5) is 29.7. The first-order valence-electron chi connectivity index (χ1n) is 8.77. The number of hydrogen-bond donors (Lipinski definition) is 1. The summed E-state index contributed by atoms with van der Waals surface area (Å²) in [5, 5.41) is 4.61. The third-order valence-corrected chi connectivity index (χ3v) is 5.41. The van der Waals surface area contributed by atoms with Crippen LogP contribution in [-0.4, -0.2) is 21.2 Å². The van der Waals surface area contributed by atoms with E-state index in [0.29, 0.717) is 27.6 Å². The summed E-state index contributed by atoms with van der Waals surface area (Å²) in [7, 11) is 0. The molecular weight excluding hydrogens is 394 g/mol. The Morgan fingerprint density at radius 1 is 1.32 bits per heavy atom. The predicted octanol–water partition coefficient (Wildman–Crippen LogP) is 4.21. The molecule has 0 fully saturated rings. The minimum Gasteiger partial charge on any atom is -0.349 e. The second kappa shape index (κ2) is 9.08. The van der Waals surface area contributed by atoms with E-state index < -0.39 is 0 Å². The molecule has 0 radical (unpaired) electrons. The first-order chi connectivity index (χ1) is 13.5. The fourth-order valence-corrected chi connectivity index (χ4v) is 3.84. The zero-order valence-corrected chi connectivity index (χ0v) is 17.0. The SMILES string of the molecule is C=CCn1c(SCC(=O)N[C@H](C)c2cccc(Cl)c2)nc2ccccc2c1=O. The van der Waals surface area contributed by atoms with E-state index in [-0.39, 0.29) is 23.3 Å². The van der Waals surface area contributed by atoms with Crippen LogP contribution in [0.2, 0.25) is 5.02 Å². The molecule has 1 amide bonds. The van der Waals surface area contributed by atoms with Crippen LogP contribution in [-0.2, 0) is 11.3 Å². The molecule has 7 heteroatoms. The Morgan fingerprint density at radius 2 is 2.11 bits per heavy atom. The standard InChI is InChI=1S/C21H20ClN3O2S/c1-3-11-25-20(27)17-9-4-5-10-18(17)24-21(25)28-13-19(26)23-14(2)15-7-6-8-16(22)12-15/h3-10,12,14H,1,11,13H2,2H3,(H,23,26)/t14-/m1/s1. The van der Waals surface area contributed by atoms with Gasteiger partial charge in [-0.15, -0.1) is 6.58 Å². The molecule has 3 rings (SSSR count). The van der Waals surface area contributed by atoms with E-state index in [9.17, 15) is 9.59 Å². The van der Waals surface area contributed by atoms with Crippen molar-refractivity contribution < 1.29 is 4.79 Å². The zero-order valence-electron chi connectivity index (χ0n) is 15.4. The maximum atomic E-state index is 12.7. The third kappa shape index (κ3) is 4.64. The van der Waals surface area contributed by atoms with Crippen LogP contribution in [0.5, 0.6) is 0 Å². The number of benzene rings is 2. The molecule has 0 aliphatic rings. The average molecular weight is 414 g/mol. The molecule has 0 unspecified atom stereocenters. The van der Waals surface area contributed by atoms with Gasteiger partial charge in [-0.05, 0) is 36.8 Å². The van der Waals surface area contributed by atoms with E-state index >= 15 is 0 Å². The Bertz CT molecular complexity index is 1080. The monoisotopic (exact) mass is 413 g/mol. The van der Waals surface area contributed by atoms with E-state index in [1.165, 1.54) is 16.3 Å². The maximum Gasteiger partial charge on any atom is 0.262 e. The van der Waals surface area contributed by atoms with Crippen LogP contribution in [0.4, 0.5) is 0 Å². The molecule has 0 spiro atoms. The van der Waals surface area contributed by atoms with Gasteiger partial charge in [0.2, 0.25) is 5.91 Å². The Hall–Kier alpha value is -2.57. The molecule has 144 valence electrons. The zero-order chi connectivity index (χ0) is 20.1. The first kappa shape index (κ1) is 20.2. The van der Waals surface area contributed by atoms with Crippen molar-refractivity contribution in [2.24, 2.45) is 0 Å². The van der Waals surface area contributed by atoms with E-state index in [1.54, 1.807) is 30.3 Å². The van der Waals surface area contributed by atoms with Gasteiger partial charge in [-0.25, -0.2) is 4.98 Å². The van der Waals surface area contributed by atoms with Crippen LogP contribution >= 0.6 is 23.4 Å².